The van der Waals surface area contributed by atoms with Crippen molar-refractivity contribution in [2.75, 3.05) is 25.6 Å². The Morgan fingerprint density at radius 1 is 0.787 bits per heavy atom. The number of para-hydroxylation sites is 1. The summed E-state index contributed by atoms with van der Waals surface area (Å²) in [6, 6.07) is 33.4. The van der Waals surface area contributed by atoms with Gasteiger partial charge >= 0.3 is 5.97 Å². The normalized spacial score (nSPS) is 13.7. The quantitative estimate of drug-likeness (QED) is 0.0831. The van der Waals surface area contributed by atoms with E-state index in [1.807, 2.05) is 77.7 Å². The fraction of sp³-hybridized carbons (Fsp3) is 0.325. The van der Waals surface area contributed by atoms with Gasteiger partial charge in [0.2, 0.25) is 5.91 Å². The number of carbonyl (C=O) groups is 3. The number of amides is 1. The van der Waals surface area contributed by atoms with Crippen molar-refractivity contribution < 1.29 is 23.9 Å². The van der Waals surface area contributed by atoms with E-state index >= 15 is 0 Å². The molecule has 1 fully saturated rings. The van der Waals surface area contributed by atoms with E-state index in [9.17, 15) is 14.4 Å². The molecule has 0 radical (unpaired) electrons. The maximum atomic E-state index is 13.4. The number of hydrogen-bond acceptors (Lipinski definition) is 6. The SMILES string of the molecule is COC(=O)[C@H](Cc1ccc(OCCCN(Cc2ccccc2)C(=O)C2CCCCC2)cc1)Nc1ccccc1C(=O)c1ccccc1. The van der Waals surface area contributed by atoms with E-state index in [1.165, 1.54) is 13.5 Å². The second-order valence-corrected chi connectivity index (χ2v) is 12.1. The first-order valence-corrected chi connectivity index (χ1v) is 16.6. The highest BCUT2D eigenvalue weighted by molar-refractivity contribution is 6.12. The molecule has 0 bridgehead atoms. The molecule has 0 heterocycles. The third-order valence-electron chi connectivity index (χ3n) is 8.71. The van der Waals surface area contributed by atoms with Gasteiger partial charge in [-0.3, -0.25) is 9.59 Å². The lowest BCUT2D eigenvalue weighted by molar-refractivity contribution is -0.141. The average Bonchev–Trinajstić information content (AvgIpc) is 3.13. The summed E-state index contributed by atoms with van der Waals surface area (Å²) in [6.45, 7) is 1.75. The number of esters is 1. The number of ether oxygens (including phenoxy) is 2. The van der Waals surface area contributed by atoms with Crippen LogP contribution < -0.4 is 10.1 Å². The fourth-order valence-electron chi connectivity index (χ4n) is 6.16. The summed E-state index contributed by atoms with van der Waals surface area (Å²) in [5.74, 6) is 0.569. The van der Waals surface area contributed by atoms with Crippen LogP contribution in [0.3, 0.4) is 0 Å². The zero-order valence-electron chi connectivity index (χ0n) is 27.1. The van der Waals surface area contributed by atoms with Gasteiger partial charge in [0.25, 0.3) is 0 Å². The molecule has 4 aromatic carbocycles. The standard InChI is InChI=1S/C40H44N2O5/c1-46-40(45)37(41-36-21-12-11-20-35(36)38(43)32-16-7-3-8-17-32)28-30-22-24-34(25-23-30)47-27-13-26-42(29-31-14-5-2-6-15-31)39(44)33-18-9-4-10-19-33/h2-3,5-8,11-12,14-17,20-25,33,37,41H,4,9-10,13,18-19,26-29H2,1H3/t37-/m0/s1. The van der Waals surface area contributed by atoms with Crippen molar-refractivity contribution in [1.82, 2.24) is 4.90 Å². The molecule has 1 amide bonds. The molecule has 5 rings (SSSR count). The van der Waals surface area contributed by atoms with Crippen LogP contribution in [0.2, 0.25) is 0 Å². The summed E-state index contributed by atoms with van der Waals surface area (Å²) in [5.41, 5.74) is 3.68. The first kappa shape index (κ1) is 33.5. The number of hydrogen-bond donors (Lipinski definition) is 1. The molecule has 0 spiro atoms. The van der Waals surface area contributed by atoms with Crippen LogP contribution in [0.4, 0.5) is 5.69 Å². The number of ketones is 1. The molecule has 244 valence electrons. The number of carbonyl (C=O) groups excluding carboxylic acids is 3. The van der Waals surface area contributed by atoms with E-state index in [-0.39, 0.29) is 17.6 Å². The van der Waals surface area contributed by atoms with E-state index in [2.05, 4.69) is 17.4 Å². The Kier molecular flexibility index (Phi) is 12.2. The highest BCUT2D eigenvalue weighted by atomic mass is 16.5. The van der Waals surface area contributed by atoms with Crippen LogP contribution >= 0.6 is 0 Å². The van der Waals surface area contributed by atoms with Crippen LogP contribution in [0, 0.1) is 5.92 Å². The molecule has 47 heavy (non-hydrogen) atoms. The van der Waals surface area contributed by atoms with Crippen LogP contribution in [0.5, 0.6) is 5.75 Å². The number of anilines is 1. The molecule has 7 heteroatoms. The fourth-order valence-corrected chi connectivity index (χ4v) is 6.16. The van der Waals surface area contributed by atoms with Crippen molar-refractivity contribution in [3.05, 3.63) is 131 Å². The molecule has 0 aliphatic heterocycles. The van der Waals surface area contributed by atoms with Gasteiger partial charge in [0, 0.05) is 42.2 Å². The van der Waals surface area contributed by atoms with Gasteiger partial charge < -0.3 is 19.7 Å². The molecular formula is C40H44N2O5. The number of nitrogens with one attached hydrogen (secondary N) is 1. The van der Waals surface area contributed by atoms with E-state index < -0.39 is 12.0 Å². The molecule has 1 aliphatic carbocycles. The lowest BCUT2D eigenvalue weighted by Gasteiger charge is -2.29. The summed E-state index contributed by atoms with van der Waals surface area (Å²) in [6.07, 6.45) is 6.54. The maximum absolute atomic E-state index is 13.4. The Labute approximate surface area is 277 Å². The predicted octanol–water partition coefficient (Wildman–Crippen LogP) is 7.49. The molecule has 0 aromatic heterocycles. The van der Waals surface area contributed by atoms with Crippen LogP contribution in [-0.4, -0.2) is 48.9 Å². The van der Waals surface area contributed by atoms with Crippen molar-refractivity contribution in [3.63, 3.8) is 0 Å². The summed E-state index contributed by atoms with van der Waals surface area (Å²) in [7, 11) is 1.36. The van der Waals surface area contributed by atoms with Crippen molar-refractivity contribution in [2.24, 2.45) is 5.92 Å². The Balaban J connectivity index is 1.17. The maximum Gasteiger partial charge on any atom is 0.328 e. The van der Waals surface area contributed by atoms with Gasteiger partial charge in [-0.2, -0.15) is 0 Å². The third-order valence-corrected chi connectivity index (χ3v) is 8.71. The van der Waals surface area contributed by atoms with Crippen LogP contribution in [0.25, 0.3) is 0 Å². The highest BCUT2D eigenvalue weighted by Gasteiger charge is 2.26. The molecule has 7 nitrogen and oxygen atoms in total. The Hall–Kier alpha value is -4.91. The van der Waals surface area contributed by atoms with Gasteiger partial charge in [-0.1, -0.05) is 104 Å². The number of rotatable bonds is 15. The van der Waals surface area contributed by atoms with E-state index in [0.29, 0.717) is 42.9 Å². The van der Waals surface area contributed by atoms with Crippen molar-refractivity contribution in [3.8, 4) is 5.75 Å². The minimum absolute atomic E-state index is 0.125. The Bertz CT molecular complexity index is 1580. The van der Waals surface area contributed by atoms with Gasteiger partial charge in [0.1, 0.15) is 11.8 Å². The Morgan fingerprint density at radius 3 is 2.15 bits per heavy atom. The monoisotopic (exact) mass is 632 g/mol. The van der Waals surface area contributed by atoms with Crippen molar-refractivity contribution in [1.29, 1.82) is 0 Å². The van der Waals surface area contributed by atoms with Crippen molar-refractivity contribution in [2.45, 2.75) is 57.5 Å². The summed E-state index contributed by atoms with van der Waals surface area (Å²) < 4.78 is 11.2. The molecule has 1 saturated carbocycles. The lowest BCUT2D eigenvalue weighted by atomic mass is 9.88. The number of benzene rings is 4. The minimum Gasteiger partial charge on any atom is -0.494 e. The summed E-state index contributed by atoms with van der Waals surface area (Å²) in [4.78, 5) is 41.5. The van der Waals surface area contributed by atoms with Crippen molar-refractivity contribution >= 4 is 23.3 Å². The molecule has 0 unspecified atom stereocenters. The predicted molar refractivity (Wildman–Crippen MR) is 184 cm³/mol. The molecule has 1 atom stereocenters. The molecule has 0 saturated heterocycles. The summed E-state index contributed by atoms with van der Waals surface area (Å²) >= 11 is 0. The Morgan fingerprint density at radius 2 is 1.45 bits per heavy atom. The zero-order valence-corrected chi connectivity index (χ0v) is 27.1. The third kappa shape index (κ3) is 9.55. The number of methoxy groups -OCH3 is 1. The van der Waals surface area contributed by atoms with Gasteiger partial charge in [-0.25, -0.2) is 4.79 Å². The smallest absolute Gasteiger partial charge is 0.328 e. The van der Waals surface area contributed by atoms with Gasteiger partial charge in [-0.05, 0) is 54.7 Å². The first-order chi connectivity index (χ1) is 23.0. The number of nitrogens with zero attached hydrogens (tertiary/aromatic N) is 1. The lowest BCUT2D eigenvalue weighted by Crippen LogP contribution is -2.37. The average molecular weight is 633 g/mol. The first-order valence-electron chi connectivity index (χ1n) is 16.6. The summed E-state index contributed by atoms with van der Waals surface area (Å²) in [5, 5.41) is 3.26. The van der Waals surface area contributed by atoms with Gasteiger partial charge in [0.05, 0.1) is 13.7 Å². The van der Waals surface area contributed by atoms with Crippen LogP contribution in [0.15, 0.2) is 109 Å². The highest BCUT2D eigenvalue weighted by Crippen LogP contribution is 2.27. The molecule has 4 aromatic rings. The van der Waals surface area contributed by atoms with Gasteiger partial charge in [0.15, 0.2) is 5.78 Å². The van der Waals surface area contributed by atoms with Crippen LogP contribution in [-0.2, 0) is 27.3 Å². The minimum atomic E-state index is -0.700. The molecule has 1 N–H and O–H groups in total. The second kappa shape index (κ2) is 17.1. The van der Waals surface area contributed by atoms with Crippen LogP contribution in [0.1, 0.15) is 65.6 Å². The largest absolute Gasteiger partial charge is 0.494 e. The second-order valence-electron chi connectivity index (χ2n) is 12.1. The molecule has 1 aliphatic rings. The van der Waals surface area contributed by atoms with E-state index in [0.717, 1.165) is 49.0 Å². The zero-order chi connectivity index (χ0) is 32.8. The van der Waals surface area contributed by atoms with E-state index in [1.54, 1.807) is 24.3 Å². The van der Waals surface area contributed by atoms with E-state index in [4.69, 9.17) is 9.47 Å². The topological polar surface area (TPSA) is 84.9 Å². The van der Waals surface area contributed by atoms with Gasteiger partial charge in [-0.15, -0.1) is 0 Å². The molecular weight excluding hydrogens is 588 g/mol.